The molecule has 246 valence electrons. The van der Waals surface area contributed by atoms with Gasteiger partial charge in [0.1, 0.15) is 16.1 Å². The van der Waals surface area contributed by atoms with Gasteiger partial charge in [0.25, 0.3) is 0 Å². The molecule has 6 aromatic rings. The van der Waals surface area contributed by atoms with Crippen molar-refractivity contribution in [3.63, 3.8) is 0 Å². The topological polar surface area (TPSA) is 34.1 Å². The number of halogens is 2. The van der Waals surface area contributed by atoms with Crippen LogP contribution < -0.4 is 9.00 Å². The molecule has 7 rings (SSSR count). The summed E-state index contributed by atoms with van der Waals surface area (Å²) in [5.74, 6) is 0. The third-order valence-corrected chi connectivity index (χ3v) is 31.2. The van der Waals surface area contributed by atoms with Gasteiger partial charge in [0.05, 0.1) is 19.5 Å². The summed E-state index contributed by atoms with van der Waals surface area (Å²) in [7, 11) is -6.89. The van der Waals surface area contributed by atoms with E-state index in [2.05, 4.69) is 76.4 Å². The van der Waals surface area contributed by atoms with Gasteiger partial charge in [-0.3, -0.25) is 0 Å². The molecule has 1 aliphatic rings. The average molecular weight is 826 g/mol. The van der Waals surface area contributed by atoms with Crippen LogP contribution in [0.5, 0.6) is 0 Å². The van der Waals surface area contributed by atoms with Crippen LogP contribution in [0.3, 0.4) is 0 Å². The Labute approximate surface area is 313 Å². The van der Waals surface area contributed by atoms with Crippen LogP contribution in [0, 0.1) is 27.7 Å². The lowest BCUT2D eigenvalue weighted by Gasteiger charge is -2.15. The number of fused-ring (bicyclic) bond motifs is 3. The van der Waals surface area contributed by atoms with Gasteiger partial charge in [-0.15, -0.1) is 91.2 Å². The standard InChI is InChI=1S/C34H34Cl2O2S7Si2/c1-17-13-23(21-9-11-25(39-21)46(5,6)15-35)41-27(17)29-19(3)33-31(43-29)32-34(45(33,37)38)20(4)30(44-32)28-18(2)14-24(42-28)22-10-12-26(40-22)47(7,8)16-36/h9-14H,15-16H2,1-8H3. The number of hydrogen-bond acceptors (Lipinski definition) is 8. The Kier molecular flexibility index (Phi) is 8.94. The van der Waals surface area contributed by atoms with Gasteiger partial charge in [-0.25, -0.2) is 8.42 Å². The molecule has 0 aliphatic carbocycles. The predicted octanol–water partition coefficient (Wildman–Crippen LogP) is 12.2. The minimum Gasteiger partial charge on any atom is -0.218 e. The van der Waals surface area contributed by atoms with E-state index in [-0.39, 0.29) is 0 Å². The summed E-state index contributed by atoms with van der Waals surface area (Å²) in [6.45, 7) is 17.5. The molecule has 2 nitrogen and oxygen atoms in total. The van der Waals surface area contributed by atoms with Crippen LogP contribution in [0.1, 0.15) is 22.3 Å². The Balaban J connectivity index is 1.28. The predicted molar refractivity (Wildman–Crippen MR) is 221 cm³/mol. The molecule has 0 N–H and O–H groups in total. The summed E-state index contributed by atoms with van der Waals surface area (Å²) >= 11 is 23.2. The van der Waals surface area contributed by atoms with Crippen LogP contribution >= 0.6 is 91.2 Å². The second kappa shape index (κ2) is 12.1. The minimum atomic E-state index is -3.63. The molecule has 0 atom stereocenters. The zero-order valence-corrected chi connectivity index (χ0v) is 36.5. The fourth-order valence-corrected chi connectivity index (χ4v) is 22.1. The first-order chi connectivity index (χ1) is 22.1. The smallest absolute Gasteiger partial charge is 0.210 e. The minimum absolute atomic E-state index is 0.511. The molecule has 0 saturated carbocycles. The molecule has 0 aromatic carbocycles. The summed E-state index contributed by atoms with van der Waals surface area (Å²) in [6, 6.07) is 13.5. The maximum atomic E-state index is 14.3. The van der Waals surface area contributed by atoms with E-state index in [0.29, 0.717) is 20.8 Å². The molecule has 0 radical (unpaired) electrons. The molecule has 13 heteroatoms. The molecule has 0 spiro atoms. The monoisotopic (exact) mass is 824 g/mol. The van der Waals surface area contributed by atoms with Gasteiger partial charge in [0.15, 0.2) is 0 Å². The number of aryl methyl sites for hydroxylation is 2. The molecule has 7 heterocycles. The van der Waals surface area contributed by atoms with Crippen LogP contribution in [0.4, 0.5) is 0 Å². The average Bonchev–Trinajstić information content (AvgIpc) is 3.85. The lowest BCUT2D eigenvalue weighted by atomic mass is 10.1. The zero-order valence-electron chi connectivity index (χ0n) is 27.3. The summed E-state index contributed by atoms with van der Waals surface area (Å²) in [5.41, 5.74) is 5.54. The van der Waals surface area contributed by atoms with E-state index in [1.54, 1.807) is 45.3 Å². The van der Waals surface area contributed by atoms with Gasteiger partial charge < -0.3 is 0 Å². The molecule has 0 unspecified atom stereocenters. The fourth-order valence-electron chi connectivity index (χ4n) is 5.94. The van der Waals surface area contributed by atoms with E-state index in [9.17, 15) is 8.42 Å². The lowest BCUT2D eigenvalue weighted by molar-refractivity contribution is 0.598. The fraction of sp³-hybridized carbons (Fsp3) is 0.294. The maximum Gasteiger partial charge on any atom is 0.210 e. The molecular formula is C34H34Cl2O2S7Si2. The Morgan fingerprint density at radius 3 is 1.28 bits per heavy atom. The number of alkyl halides is 2. The second-order valence-corrected chi connectivity index (χ2v) is 33.2. The highest BCUT2D eigenvalue weighted by molar-refractivity contribution is 7.92. The Morgan fingerprint density at radius 2 is 0.915 bits per heavy atom. The maximum absolute atomic E-state index is 14.3. The van der Waals surface area contributed by atoms with Gasteiger partial charge in [0, 0.05) is 50.0 Å². The second-order valence-electron chi connectivity index (χ2n) is 13.5. The van der Waals surface area contributed by atoms with Crippen LogP contribution in [-0.2, 0) is 9.84 Å². The van der Waals surface area contributed by atoms with Crippen LogP contribution in [0.25, 0.3) is 48.8 Å². The van der Waals surface area contributed by atoms with E-state index < -0.39 is 26.0 Å². The van der Waals surface area contributed by atoms with Gasteiger partial charge in [-0.2, -0.15) is 0 Å². The van der Waals surface area contributed by atoms with E-state index in [1.165, 1.54) is 49.4 Å². The molecule has 0 saturated heterocycles. The van der Waals surface area contributed by atoms with Gasteiger partial charge >= 0.3 is 0 Å². The third kappa shape index (κ3) is 5.55. The summed E-state index contributed by atoms with van der Waals surface area (Å²) < 4.78 is 31.4. The summed E-state index contributed by atoms with van der Waals surface area (Å²) in [4.78, 5) is 12.3. The van der Waals surface area contributed by atoms with E-state index in [0.717, 1.165) is 30.6 Å². The Morgan fingerprint density at radius 1 is 0.532 bits per heavy atom. The van der Waals surface area contributed by atoms with Gasteiger partial charge in [-0.1, -0.05) is 38.3 Å². The van der Waals surface area contributed by atoms with Crippen molar-refractivity contribution >= 4 is 126 Å². The first kappa shape index (κ1) is 34.6. The van der Waals surface area contributed by atoms with E-state index >= 15 is 0 Å². The van der Waals surface area contributed by atoms with Gasteiger partial charge in [0.2, 0.25) is 9.84 Å². The first-order valence-electron chi connectivity index (χ1n) is 15.2. The highest BCUT2D eigenvalue weighted by atomic mass is 35.5. The van der Waals surface area contributed by atoms with Crippen molar-refractivity contribution in [2.24, 2.45) is 0 Å². The lowest BCUT2D eigenvalue weighted by Crippen LogP contribution is -2.41. The van der Waals surface area contributed by atoms with Crippen LogP contribution in [0.15, 0.2) is 46.2 Å². The SMILES string of the molecule is Cc1cc(-c2ccc([Si](C)(C)CCl)s2)sc1-c1sc2c(c1C)S(=O)(=O)c1c-2sc(-c2sc(-c3ccc([Si](C)(C)CCl)s3)cc2C)c1C. The highest BCUT2D eigenvalue weighted by Gasteiger charge is 2.42. The molecule has 6 aromatic heterocycles. The Hall–Kier alpha value is -0.836. The van der Waals surface area contributed by atoms with Crippen LogP contribution in [0.2, 0.25) is 26.2 Å². The van der Waals surface area contributed by atoms with Crippen molar-refractivity contribution < 1.29 is 8.42 Å². The normalized spacial score (nSPS) is 14.3. The number of hydrogen-bond donors (Lipinski definition) is 0. The molecule has 0 fully saturated rings. The van der Waals surface area contributed by atoms with Crippen LogP contribution in [-0.4, -0.2) is 35.6 Å². The van der Waals surface area contributed by atoms with E-state index in [1.807, 2.05) is 36.5 Å². The summed E-state index contributed by atoms with van der Waals surface area (Å²) in [5, 5.41) is 0. The molecule has 0 amide bonds. The highest BCUT2D eigenvalue weighted by Crippen LogP contribution is 2.60. The van der Waals surface area contributed by atoms with Crippen molar-refractivity contribution in [3.8, 4) is 48.8 Å². The van der Waals surface area contributed by atoms with Crippen molar-refractivity contribution in [1.82, 2.24) is 0 Å². The molecule has 47 heavy (non-hydrogen) atoms. The van der Waals surface area contributed by atoms with Gasteiger partial charge in [-0.05, 0) is 83.2 Å². The molecular weight excluding hydrogens is 792 g/mol. The van der Waals surface area contributed by atoms with Crippen molar-refractivity contribution in [2.45, 2.75) is 63.7 Å². The number of rotatable bonds is 8. The molecule has 1 aliphatic heterocycles. The first-order valence-corrected chi connectivity index (χ1v) is 29.0. The zero-order chi connectivity index (χ0) is 33.8. The number of thiophene rings is 6. The van der Waals surface area contributed by atoms with E-state index in [4.69, 9.17) is 23.2 Å². The molecule has 0 bridgehead atoms. The summed E-state index contributed by atoms with van der Waals surface area (Å²) in [6.07, 6.45) is 0. The largest absolute Gasteiger partial charge is 0.218 e. The number of sulfone groups is 1. The van der Waals surface area contributed by atoms with Crippen molar-refractivity contribution in [1.29, 1.82) is 0 Å². The Bertz CT molecular complexity index is 2150. The third-order valence-electron chi connectivity index (χ3n) is 8.87. The van der Waals surface area contributed by atoms with Crippen molar-refractivity contribution in [3.05, 3.63) is 58.7 Å². The van der Waals surface area contributed by atoms with Crippen molar-refractivity contribution in [2.75, 3.05) is 11.0 Å². The quantitative estimate of drug-likeness (QED) is 0.113.